The molecule has 0 fully saturated rings. The second-order valence-electron chi connectivity index (χ2n) is 5.87. The standard InChI is InChI=1S/C19H14F3N3O3/c1-11-2-4-14(18(27)25-12-6-7-23-17(26)9-12)15(8-11)28-13-3-5-16(24-10-13)19(20,21)22/h2-10H,1H3,(H2,23,25,26,27). The molecule has 9 heteroatoms. The lowest BCUT2D eigenvalue weighted by Crippen LogP contribution is -2.15. The van der Waals surface area contributed by atoms with Crippen LogP contribution in [0.25, 0.3) is 0 Å². The number of anilines is 1. The molecule has 0 spiro atoms. The molecular formula is C19H14F3N3O3. The molecule has 2 heterocycles. The first kappa shape index (κ1) is 19.2. The number of H-pyrrole nitrogens is 1. The van der Waals surface area contributed by atoms with Crippen molar-refractivity contribution in [3.63, 3.8) is 0 Å². The van der Waals surface area contributed by atoms with Crippen LogP contribution in [0.4, 0.5) is 18.9 Å². The summed E-state index contributed by atoms with van der Waals surface area (Å²) in [6.07, 6.45) is -2.23. The second-order valence-corrected chi connectivity index (χ2v) is 5.87. The summed E-state index contributed by atoms with van der Waals surface area (Å²) in [5.74, 6) is -0.354. The van der Waals surface area contributed by atoms with Gasteiger partial charge in [0.05, 0.1) is 11.8 Å². The van der Waals surface area contributed by atoms with Crippen LogP contribution in [-0.4, -0.2) is 15.9 Å². The summed E-state index contributed by atoms with van der Waals surface area (Å²) in [5, 5.41) is 2.57. The van der Waals surface area contributed by atoms with E-state index in [1.807, 2.05) is 0 Å². The zero-order chi connectivity index (χ0) is 20.3. The summed E-state index contributed by atoms with van der Waals surface area (Å²) in [7, 11) is 0. The van der Waals surface area contributed by atoms with Crippen molar-refractivity contribution >= 4 is 11.6 Å². The first-order valence-corrected chi connectivity index (χ1v) is 8.04. The fourth-order valence-electron chi connectivity index (χ4n) is 2.36. The average Bonchev–Trinajstić information content (AvgIpc) is 2.61. The van der Waals surface area contributed by atoms with Crippen LogP contribution in [0.3, 0.4) is 0 Å². The molecule has 3 rings (SSSR count). The van der Waals surface area contributed by atoms with Crippen molar-refractivity contribution in [3.05, 3.63) is 82.0 Å². The maximum atomic E-state index is 12.6. The molecule has 0 aliphatic heterocycles. The molecule has 0 bridgehead atoms. The predicted molar refractivity (Wildman–Crippen MR) is 95.5 cm³/mol. The van der Waals surface area contributed by atoms with Gasteiger partial charge in [-0.2, -0.15) is 13.2 Å². The number of nitrogens with zero attached hydrogens (tertiary/aromatic N) is 1. The Morgan fingerprint density at radius 2 is 1.93 bits per heavy atom. The zero-order valence-corrected chi connectivity index (χ0v) is 14.5. The van der Waals surface area contributed by atoms with Crippen molar-refractivity contribution in [1.82, 2.24) is 9.97 Å². The lowest BCUT2D eigenvalue weighted by molar-refractivity contribution is -0.141. The topological polar surface area (TPSA) is 84.1 Å². The number of ether oxygens (including phenoxy) is 1. The SMILES string of the molecule is Cc1ccc(C(=O)Nc2cc[nH]c(=O)c2)c(Oc2ccc(C(F)(F)F)nc2)c1. The smallest absolute Gasteiger partial charge is 0.433 e. The molecule has 0 saturated heterocycles. The van der Waals surface area contributed by atoms with Crippen LogP contribution in [0, 0.1) is 6.92 Å². The molecule has 0 saturated carbocycles. The van der Waals surface area contributed by atoms with Crippen LogP contribution in [0.5, 0.6) is 11.5 Å². The number of rotatable bonds is 4. The highest BCUT2D eigenvalue weighted by atomic mass is 19.4. The third-order valence-electron chi connectivity index (χ3n) is 3.67. The summed E-state index contributed by atoms with van der Waals surface area (Å²) in [6.45, 7) is 1.77. The van der Waals surface area contributed by atoms with Crippen molar-refractivity contribution in [2.24, 2.45) is 0 Å². The highest BCUT2D eigenvalue weighted by molar-refractivity contribution is 6.06. The zero-order valence-electron chi connectivity index (χ0n) is 14.5. The van der Waals surface area contributed by atoms with Crippen LogP contribution >= 0.6 is 0 Å². The minimum atomic E-state index is -4.56. The fraction of sp³-hybridized carbons (Fsp3) is 0.105. The molecule has 28 heavy (non-hydrogen) atoms. The Balaban J connectivity index is 1.86. The summed E-state index contributed by atoms with van der Waals surface area (Å²) < 4.78 is 43.5. The molecule has 2 aromatic heterocycles. The quantitative estimate of drug-likeness (QED) is 0.702. The summed E-state index contributed by atoms with van der Waals surface area (Å²) in [5.41, 5.74) is -0.213. The van der Waals surface area contributed by atoms with E-state index < -0.39 is 17.8 Å². The Hall–Kier alpha value is -3.62. The van der Waals surface area contributed by atoms with Crippen LogP contribution < -0.4 is 15.6 Å². The van der Waals surface area contributed by atoms with Gasteiger partial charge in [-0.25, -0.2) is 4.98 Å². The molecule has 0 unspecified atom stereocenters. The van der Waals surface area contributed by atoms with Crippen molar-refractivity contribution in [1.29, 1.82) is 0 Å². The van der Waals surface area contributed by atoms with Gasteiger partial charge in [0.25, 0.3) is 5.91 Å². The number of aromatic nitrogens is 2. The molecule has 2 N–H and O–H groups in total. The van der Waals surface area contributed by atoms with Crippen molar-refractivity contribution in [3.8, 4) is 11.5 Å². The number of hydrogen-bond acceptors (Lipinski definition) is 4. The van der Waals surface area contributed by atoms with Crippen LogP contribution in [0.1, 0.15) is 21.6 Å². The normalized spacial score (nSPS) is 11.1. The van der Waals surface area contributed by atoms with E-state index in [0.717, 1.165) is 23.9 Å². The number of hydrogen-bond donors (Lipinski definition) is 2. The maximum absolute atomic E-state index is 12.6. The first-order chi connectivity index (χ1) is 13.2. The van der Waals surface area contributed by atoms with Crippen molar-refractivity contribution in [2.75, 3.05) is 5.32 Å². The molecule has 0 radical (unpaired) electrons. The minimum absolute atomic E-state index is 0.0452. The Morgan fingerprint density at radius 1 is 1.14 bits per heavy atom. The highest BCUT2D eigenvalue weighted by Gasteiger charge is 2.32. The lowest BCUT2D eigenvalue weighted by atomic mass is 10.1. The van der Waals surface area contributed by atoms with E-state index in [2.05, 4.69) is 15.3 Å². The summed E-state index contributed by atoms with van der Waals surface area (Å²) in [4.78, 5) is 29.7. The molecule has 6 nitrogen and oxygen atoms in total. The number of alkyl halides is 3. The van der Waals surface area contributed by atoms with Gasteiger partial charge in [0.15, 0.2) is 0 Å². The number of nitrogens with one attached hydrogen (secondary N) is 2. The van der Waals surface area contributed by atoms with Crippen molar-refractivity contribution in [2.45, 2.75) is 13.1 Å². The van der Waals surface area contributed by atoms with Gasteiger partial charge in [0, 0.05) is 18.0 Å². The fourth-order valence-corrected chi connectivity index (χ4v) is 2.36. The molecule has 0 aliphatic carbocycles. The lowest BCUT2D eigenvalue weighted by Gasteiger charge is -2.13. The van der Waals surface area contributed by atoms with Gasteiger partial charge in [0.1, 0.15) is 17.2 Å². The van der Waals surface area contributed by atoms with Gasteiger partial charge in [-0.05, 0) is 42.8 Å². The van der Waals surface area contributed by atoms with Gasteiger partial charge >= 0.3 is 6.18 Å². The van der Waals surface area contributed by atoms with Crippen LogP contribution in [-0.2, 0) is 6.18 Å². The number of aryl methyl sites for hydroxylation is 1. The van der Waals surface area contributed by atoms with Gasteiger partial charge in [-0.1, -0.05) is 6.07 Å². The second kappa shape index (κ2) is 7.55. The van der Waals surface area contributed by atoms with Crippen molar-refractivity contribution < 1.29 is 22.7 Å². The molecule has 1 aromatic carbocycles. The molecule has 3 aromatic rings. The van der Waals surface area contributed by atoms with Gasteiger partial charge in [0.2, 0.25) is 5.56 Å². The van der Waals surface area contributed by atoms with Crippen LogP contribution in [0.15, 0.2) is 59.7 Å². The molecule has 0 atom stereocenters. The number of amides is 1. The molecule has 144 valence electrons. The monoisotopic (exact) mass is 389 g/mol. The highest BCUT2D eigenvalue weighted by Crippen LogP contribution is 2.31. The Morgan fingerprint density at radius 3 is 2.57 bits per heavy atom. The predicted octanol–water partition coefficient (Wildman–Crippen LogP) is 4.14. The molecular weight excluding hydrogens is 375 g/mol. The van der Waals surface area contributed by atoms with E-state index in [1.165, 1.54) is 24.4 Å². The Labute approximate surface area is 157 Å². The average molecular weight is 389 g/mol. The van der Waals surface area contributed by atoms with E-state index in [4.69, 9.17) is 4.74 Å². The Kier molecular flexibility index (Phi) is 5.16. The summed E-state index contributed by atoms with van der Waals surface area (Å²) in [6, 6.07) is 9.41. The van der Waals surface area contributed by atoms with Gasteiger partial charge in [-0.15, -0.1) is 0 Å². The number of carbonyl (C=O) groups excluding carboxylic acids is 1. The number of pyridine rings is 2. The largest absolute Gasteiger partial charge is 0.455 e. The number of aromatic amines is 1. The third kappa shape index (κ3) is 4.56. The molecule has 0 aliphatic rings. The van der Waals surface area contributed by atoms with E-state index >= 15 is 0 Å². The van der Waals surface area contributed by atoms with E-state index in [9.17, 15) is 22.8 Å². The third-order valence-corrected chi connectivity index (χ3v) is 3.67. The first-order valence-electron chi connectivity index (χ1n) is 8.04. The number of carbonyl (C=O) groups is 1. The minimum Gasteiger partial charge on any atom is -0.455 e. The van der Waals surface area contributed by atoms with Gasteiger partial charge in [-0.3, -0.25) is 9.59 Å². The maximum Gasteiger partial charge on any atom is 0.433 e. The van der Waals surface area contributed by atoms with Crippen LogP contribution in [0.2, 0.25) is 0 Å². The van der Waals surface area contributed by atoms with E-state index in [1.54, 1.807) is 19.1 Å². The van der Waals surface area contributed by atoms with E-state index in [0.29, 0.717) is 0 Å². The van der Waals surface area contributed by atoms with E-state index in [-0.39, 0.29) is 28.3 Å². The number of benzene rings is 1. The summed E-state index contributed by atoms with van der Waals surface area (Å²) >= 11 is 0. The molecule has 1 amide bonds. The number of halogens is 3. The Bertz CT molecular complexity index is 1060. The van der Waals surface area contributed by atoms with Gasteiger partial charge < -0.3 is 15.0 Å².